The Hall–Kier alpha value is -3.68. The Morgan fingerprint density at radius 3 is 2.56 bits per heavy atom. The number of aliphatic carboxylic acids is 1. The maximum atomic E-state index is 12.1. The van der Waals surface area contributed by atoms with E-state index in [-0.39, 0.29) is 5.84 Å². The second-order valence-electron chi connectivity index (χ2n) is 5.98. The number of carboxylic acid groups (broad SMARTS) is 1. The number of pyridine rings is 1. The first-order valence-electron chi connectivity index (χ1n) is 8.34. The highest BCUT2D eigenvalue weighted by molar-refractivity contribution is 6.03. The number of amidine groups is 1. The molecule has 0 saturated heterocycles. The summed E-state index contributed by atoms with van der Waals surface area (Å²) in [7, 11) is 0. The Balaban J connectivity index is 1.93. The molecule has 3 aromatic rings. The highest BCUT2D eigenvalue weighted by atomic mass is 16.4. The molecule has 4 N–H and O–H groups in total. The number of rotatable bonds is 6. The number of nitrogens with zero attached hydrogens (tertiary/aromatic N) is 3. The van der Waals surface area contributed by atoms with Gasteiger partial charge in [-0.25, -0.2) is 4.98 Å². The smallest absolute Gasteiger partial charge is 0.312 e. The van der Waals surface area contributed by atoms with Crippen LogP contribution in [0.25, 0.3) is 16.9 Å². The highest BCUT2D eigenvalue weighted by Crippen LogP contribution is 2.23. The molecule has 1 aromatic carbocycles. The summed E-state index contributed by atoms with van der Waals surface area (Å²) >= 11 is 0. The zero-order chi connectivity index (χ0) is 19.6. The molecule has 1 amide bonds. The lowest BCUT2D eigenvalue weighted by molar-refractivity contribution is -0.140. The highest BCUT2D eigenvalue weighted by Gasteiger charge is 2.18. The molecule has 0 aliphatic heterocycles. The lowest BCUT2D eigenvalue weighted by Gasteiger charge is -2.20. The number of carbonyl (C=O) groups excluding carboxylic acids is 1. The van der Waals surface area contributed by atoms with Gasteiger partial charge in [-0.1, -0.05) is 24.3 Å². The molecule has 0 aliphatic rings. The predicted molar refractivity (Wildman–Crippen MR) is 102 cm³/mol. The van der Waals surface area contributed by atoms with E-state index in [0.29, 0.717) is 23.4 Å². The van der Waals surface area contributed by atoms with Crippen molar-refractivity contribution < 1.29 is 14.7 Å². The second-order valence-corrected chi connectivity index (χ2v) is 5.98. The monoisotopic (exact) mass is 365 g/mol. The molecule has 0 radical (unpaired) electrons. The van der Waals surface area contributed by atoms with Crippen LogP contribution in [0.4, 0.5) is 5.69 Å². The Morgan fingerprint density at radius 1 is 1.26 bits per heavy atom. The second kappa shape index (κ2) is 7.28. The molecule has 8 nitrogen and oxygen atoms in total. The molecule has 0 bridgehead atoms. The Bertz CT molecular complexity index is 1020. The van der Waals surface area contributed by atoms with E-state index in [1.165, 1.54) is 4.90 Å². The zero-order valence-corrected chi connectivity index (χ0v) is 14.7. The first-order valence-corrected chi connectivity index (χ1v) is 8.34. The fourth-order valence-electron chi connectivity index (χ4n) is 2.83. The number of benzene rings is 1. The quantitative estimate of drug-likeness (QED) is 0.350. The van der Waals surface area contributed by atoms with Crippen LogP contribution in [-0.4, -0.2) is 38.7 Å². The number of nitrogen functional groups attached to an aromatic ring is 1. The van der Waals surface area contributed by atoms with Crippen LogP contribution in [-0.2, 0) is 9.59 Å². The fourth-order valence-corrected chi connectivity index (χ4v) is 2.83. The minimum absolute atomic E-state index is 0.00637. The molecule has 0 fully saturated rings. The van der Waals surface area contributed by atoms with Gasteiger partial charge in [0.1, 0.15) is 17.9 Å². The Labute approximate surface area is 155 Å². The number of anilines is 1. The van der Waals surface area contributed by atoms with Crippen LogP contribution in [0.15, 0.2) is 48.8 Å². The minimum Gasteiger partial charge on any atom is -0.481 e. The number of hydrogen-bond donors (Lipinski definition) is 3. The van der Waals surface area contributed by atoms with Gasteiger partial charge in [0, 0.05) is 41.8 Å². The van der Waals surface area contributed by atoms with E-state index in [2.05, 4.69) is 4.98 Å². The molecule has 138 valence electrons. The van der Waals surface area contributed by atoms with Crippen molar-refractivity contribution in [3.05, 3.63) is 54.4 Å². The summed E-state index contributed by atoms with van der Waals surface area (Å²) in [6.45, 7) is 2.15. The summed E-state index contributed by atoms with van der Waals surface area (Å²) in [5.41, 5.74) is 8.96. The van der Waals surface area contributed by atoms with Crippen molar-refractivity contribution in [2.24, 2.45) is 5.73 Å². The van der Waals surface area contributed by atoms with Gasteiger partial charge in [-0.3, -0.25) is 15.0 Å². The number of fused-ring (bicyclic) bond motifs is 1. The number of imidazole rings is 1. The first kappa shape index (κ1) is 18.1. The van der Waals surface area contributed by atoms with Gasteiger partial charge in [0.15, 0.2) is 0 Å². The van der Waals surface area contributed by atoms with Crippen LogP contribution >= 0.6 is 0 Å². The summed E-state index contributed by atoms with van der Waals surface area (Å²) in [4.78, 5) is 28.9. The topological polar surface area (TPSA) is 125 Å². The van der Waals surface area contributed by atoms with E-state index in [1.54, 1.807) is 37.4 Å². The zero-order valence-electron chi connectivity index (χ0n) is 14.7. The standard InChI is InChI=1S/C19H19N5O3/c1-2-24(17(25)10-18(26)27)14-7-8-23-11-15(22-16(23)9-14)12-3-5-13(6-4-12)19(20)21/h3-9,11H,2,10H2,1H3,(H3,20,21)(H,26,27). The van der Waals surface area contributed by atoms with Gasteiger partial charge in [-0.05, 0) is 13.0 Å². The van der Waals surface area contributed by atoms with Gasteiger partial charge >= 0.3 is 5.97 Å². The van der Waals surface area contributed by atoms with Crippen LogP contribution in [0.3, 0.4) is 0 Å². The average molecular weight is 365 g/mol. The number of nitrogens with one attached hydrogen (secondary N) is 1. The van der Waals surface area contributed by atoms with E-state index in [1.807, 2.05) is 22.7 Å². The summed E-state index contributed by atoms with van der Waals surface area (Å²) in [5, 5.41) is 16.3. The van der Waals surface area contributed by atoms with E-state index < -0.39 is 18.3 Å². The SMILES string of the molecule is CCN(C(=O)CC(=O)O)c1ccn2cc(-c3ccc(C(=N)N)cc3)nc2c1. The summed E-state index contributed by atoms with van der Waals surface area (Å²) in [6, 6.07) is 10.7. The molecule has 0 atom stereocenters. The molecule has 2 heterocycles. The van der Waals surface area contributed by atoms with Crippen LogP contribution in [0.5, 0.6) is 0 Å². The molecule has 27 heavy (non-hydrogen) atoms. The first-order chi connectivity index (χ1) is 12.9. The number of carbonyl (C=O) groups is 2. The van der Waals surface area contributed by atoms with E-state index in [9.17, 15) is 9.59 Å². The maximum Gasteiger partial charge on any atom is 0.312 e. The third-order valence-electron chi connectivity index (χ3n) is 4.17. The van der Waals surface area contributed by atoms with Crippen molar-refractivity contribution in [1.82, 2.24) is 9.38 Å². The lowest BCUT2D eigenvalue weighted by atomic mass is 10.1. The molecule has 0 saturated carbocycles. The van der Waals surface area contributed by atoms with E-state index in [4.69, 9.17) is 16.2 Å². The van der Waals surface area contributed by atoms with Gasteiger partial charge in [0.25, 0.3) is 0 Å². The molecule has 8 heteroatoms. The van der Waals surface area contributed by atoms with Crippen LogP contribution < -0.4 is 10.6 Å². The third-order valence-corrected chi connectivity index (χ3v) is 4.17. The fraction of sp³-hybridized carbons (Fsp3) is 0.158. The van der Waals surface area contributed by atoms with Gasteiger partial charge in [0.05, 0.1) is 5.69 Å². The summed E-state index contributed by atoms with van der Waals surface area (Å²) < 4.78 is 1.83. The average Bonchev–Trinajstić information content (AvgIpc) is 3.05. The van der Waals surface area contributed by atoms with Crippen molar-refractivity contribution in [3.63, 3.8) is 0 Å². The van der Waals surface area contributed by atoms with E-state index in [0.717, 1.165) is 11.3 Å². The van der Waals surface area contributed by atoms with Crippen molar-refractivity contribution >= 4 is 29.0 Å². The van der Waals surface area contributed by atoms with E-state index >= 15 is 0 Å². The third kappa shape index (κ3) is 3.79. The minimum atomic E-state index is -1.16. The normalized spacial score (nSPS) is 10.7. The summed E-state index contributed by atoms with van der Waals surface area (Å²) in [5.74, 6) is -1.62. The molecule has 2 aromatic heterocycles. The van der Waals surface area contributed by atoms with Crippen LogP contribution in [0.2, 0.25) is 0 Å². The maximum absolute atomic E-state index is 12.1. The van der Waals surface area contributed by atoms with Crippen molar-refractivity contribution in [2.45, 2.75) is 13.3 Å². The Morgan fingerprint density at radius 2 is 1.96 bits per heavy atom. The Kier molecular flexibility index (Phi) is 4.89. The molecular formula is C19H19N5O3. The molecule has 0 spiro atoms. The van der Waals surface area contributed by atoms with Crippen LogP contribution in [0, 0.1) is 5.41 Å². The van der Waals surface area contributed by atoms with Crippen LogP contribution in [0.1, 0.15) is 18.9 Å². The molecule has 3 rings (SSSR count). The number of aromatic nitrogens is 2. The number of carboxylic acids is 1. The number of amides is 1. The van der Waals surface area contributed by atoms with Crippen molar-refractivity contribution in [1.29, 1.82) is 5.41 Å². The van der Waals surface area contributed by atoms with Gasteiger partial charge < -0.3 is 20.1 Å². The molecular weight excluding hydrogens is 346 g/mol. The number of hydrogen-bond acceptors (Lipinski definition) is 4. The van der Waals surface area contributed by atoms with Gasteiger partial charge in [0.2, 0.25) is 5.91 Å². The molecule has 0 aliphatic carbocycles. The van der Waals surface area contributed by atoms with Gasteiger partial charge in [-0.2, -0.15) is 0 Å². The number of nitrogens with two attached hydrogens (primary N) is 1. The largest absolute Gasteiger partial charge is 0.481 e. The van der Waals surface area contributed by atoms with Gasteiger partial charge in [-0.15, -0.1) is 0 Å². The predicted octanol–water partition coefficient (Wildman–Crippen LogP) is 2.11. The molecule has 0 unspecified atom stereocenters. The van der Waals surface area contributed by atoms with Crippen molar-refractivity contribution in [2.75, 3.05) is 11.4 Å². The summed E-state index contributed by atoms with van der Waals surface area (Å²) in [6.07, 6.45) is 3.08. The lowest BCUT2D eigenvalue weighted by Crippen LogP contribution is -2.32. The van der Waals surface area contributed by atoms with Crippen molar-refractivity contribution in [3.8, 4) is 11.3 Å².